The minimum Gasteiger partial charge on any atom is -0.397 e. The first-order chi connectivity index (χ1) is 6.15. The van der Waals surface area contributed by atoms with Crippen molar-refractivity contribution >= 4 is 27.3 Å². The third-order valence-corrected chi connectivity index (χ3v) is 2.00. The fraction of sp³-hybridized carbons (Fsp3) is 0.200. The molecule has 0 aliphatic rings. The summed E-state index contributed by atoms with van der Waals surface area (Å²) in [6.45, 7) is 1.97. The van der Waals surface area contributed by atoms with Crippen LogP contribution >= 0.6 is 15.9 Å². The van der Waals surface area contributed by atoms with E-state index in [2.05, 4.69) is 27.8 Å². The number of nitrogen functional groups attached to an aromatic ring is 2. The van der Waals surface area contributed by atoms with Crippen molar-refractivity contribution in [2.45, 2.75) is 6.92 Å². The summed E-state index contributed by atoms with van der Waals surface area (Å²) in [4.78, 5) is 0. The van der Waals surface area contributed by atoms with Crippen molar-refractivity contribution in [2.75, 3.05) is 16.8 Å². The summed E-state index contributed by atoms with van der Waals surface area (Å²) in [6.07, 6.45) is 0. The van der Waals surface area contributed by atoms with Crippen molar-refractivity contribution in [1.29, 1.82) is 0 Å². The summed E-state index contributed by atoms with van der Waals surface area (Å²) < 4.78 is 0. The van der Waals surface area contributed by atoms with E-state index in [-0.39, 0.29) is 0 Å². The van der Waals surface area contributed by atoms with Crippen LogP contribution in [0.15, 0.2) is 12.1 Å². The van der Waals surface area contributed by atoms with E-state index in [0.29, 0.717) is 16.7 Å². The fourth-order valence-electron chi connectivity index (χ4n) is 1.01. The molecule has 68 valence electrons. The average molecular weight is 239 g/mol. The van der Waals surface area contributed by atoms with E-state index in [9.17, 15) is 0 Å². The summed E-state index contributed by atoms with van der Waals surface area (Å²) in [5.74, 6) is 5.92. The number of nitrogens with two attached hydrogens (primary N) is 2. The summed E-state index contributed by atoms with van der Waals surface area (Å²) in [5.41, 5.74) is 14.5. The monoisotopic (exact) mass is 238 g/mol. The van der Waals surface area contributed by atoms with Crippen LogP contribution in [-0.4, -0.2) is 5.33 Å². The summed E-state index contributed by atoms with van der Waals surface area (Å²) in [7, 11) is 0. The Kier molecular flexibility index (Phi) is 3.21. The van der Waals surface area contributed by atoms with Gasteiger partial charge in [0.15, 0.2) is 0 Å². The van der Waals surface area contributed by atoms with Crippen LogP contribution in [0, 0.1) is 18.8 Å². The molecule has 2 nitrogen and oxygen atoms in total. The second-order valence-electron chi connectivity index (χ2n) is 2.73. The molecule has 1 rings (SSSR count). The van der Waals surface area contributed by atoms with Gasteiger partial charge in [-0.2, -0.15) is 0 Å². The van der Waals surface area contributed by atoms with E-state index in [1.807, 2.05) is 13.0 Å². The molecule has 0 unspecified atom stereocenters. The van der Waals surface area contributed by atoms with Crippen molar-refractivity contribution in [2.24, 2.45) is 0 Å². The van der Waals surface area contributed by atoms with Gasteiger partial charge in [0.05, 0.1) is 16.7 Å². The average Bonchev–Trinajstić information content (AvgIpc) is 2.09. The number of halogens is 1. The Bertz CT molecular complexity index is 374. The van der Waals surface area contributed by atoms with Gasteiger partial charge in [-0.1, -0.05) is 27.8 Å². The Morgan fingerprint density at radius 3 is 2.54 bits per heavy atom. The van der Waals surface area contributed by atoms with Crippen molar-refractivity contribution < 1.29 is 0 Å². The topological polar surface area (TPSA) is 52.0 Å². The molecule has 1 aromatic rings. The molecule has 0 fully saturated rings. The number of alkyl halides is 1. The number of hydrogen-bond donors (Lipinski definition) is 2. The SMILES string of the molecule is Cc1cc(N)c(N)cc1C#CCBr. The van der Waals surface area contributed by atoms with Gasteiger partial charge in [0.1, 0.15) is 0 Å². The van der Waals surface area contributed by atoms with Crippen LogP contribution in [0.1, 0.15) is 11.1 Å². The normalized spacial score (nSPS) is 9.08. The first-order valence-corrected chi connectivity index (χ1v) is 4.97. The van der Waals surface area contributed by atoms with Crippen LogP contribution < -0.4 is 11.5 Å². The predicted octanol–water partition coefficient (Wildman–Crippen LogP) is 1.91. The number of benzene rings is 1. The molecule has 0 aromatic heterocycles. The third kappa shape index (κ3) is 2.40. The van der Waals surface area contributed by atoms with Crippen LogP contribution in [-0.2, 0) is 0 Å². The highest BCUT2D eigenvalue weighted by atomic mass is 79.9. The minimum absolute atomic E-state index is 0.587. The van der Waals surface area contributed by atoms with Gasteiger partial charge in [-0.15, -0.1) is 0 Å². The van der Waals surface area contributed by atoms with Gasteiger partial charge in [0, 0.05) is 5.56 Å². The largest absolute Gasteiger partial charge is 0.397 e. The molecule has 4 N–H and O–H groups in total. The van der Waals surface area contributed by atoms with Crippen molar-refractivity contribution in [3.63, 3.8) is 0 Å². The van der Waals surface area contributed by atoms with E-state index >= 15 is 0 Å². The smallest absolute Gasteiger partial charge is 0.0649 e. The second kappa shape index (κ2) is 4.20. The van der Waals surface area contributed by atoms with Crippen LogP contribution in [0.5, 0.6) is 0 Å². The molecule has 0 saturated heterocycles. The zero-order valence-corrected chi connectivity index (χ0v) is 8.98. The lowest BCUT2D eigenvalue weighted by Gasteiger charge is -2.03. The van der Waals surface area contributed by atoms with Gasteiger partial charge in [0.25, 0.3) is 0 Å². The van der Waals surface area contributed by atoms with Crippen LogP contribution in [0.2, 0.25) is 0 Å². The third-order valence-electron chi connectivity index (χ3n) is 1.72. The number of anilines is 2. The maximum atomic E-state index is 5.66. The molecule has 0 bridgehead atoms. The standard InChI is InChI=1S/C10H11BrN2/c1-7-5-9(12)10(13)6-8(7)3-2-4-11/h5-6H,4,12-13H2,1H3. The molecule has 0 aliphatic heterocycles. The molecule has 0 aliphatic carbocycles. The van der Waals surface area contributed by atoms with Crippen molar-refractivity contribution in [3.05, 3.63) is 23.3 Å². The van der Waals surface area contributed by atoms with E-state index in [1.165, 1.54) is 0 Å². The zero-order valence-electron chi connectivity index (χ0n) is 7.39. The Labute approximate surface area is 86.4 Å². The molecule has 0 spiro atoms. The fourth-order valence-corrected chi connectivity index (χ4v) is 1.15. The van der Waals surface area contributed by atoms with Crippen LogP contribution in [0.25, 0.3) is 0 Å². The summed E-state index contributed by atoms with van der Waals surface area (Å²) in [6, 6.07) is 3.65. The Hall–Kier alpha value is -1.14. The van der Waals surface area contributed by atoms with Gasteiger partial charge in [0.2, 0.25) is 0 Å². The van der Waals surface area contributed by atoms with Crippen LogP contribution in [0.4, 0.5) is 11.4 Å². The van der Waals surface area contributed by atoms with Crippen molar-refractivity contribution in [1.82, 2.24) is 0 Å². The minimum atomic E-state index is 0.587. The van der Waals surface area contributed by atoms with E-state index in [0.717, 1.165) is 11.1 Å². The van der Waals surface area contributed by atoms with Crippen molar-refractivity contribution in [3.8, 4) is 11.8 Å². The van der Waals surface area contributed by atoms with Gasteiger partial charge >= 0.3 is 0 Å². The van der Waals surface area contributed by atoms with Crippen LogP contribution in [0.3, 0.4) is 0 Å². The molecule has 0 saturated carbocycles. The van der Waals surface area contributed by atoms with Gasteiger partial charge in [-0.05, 0) is 24.6 Å². The molecule has 0 atom stereocenters. The number of rotatable bonds is 0. The van der Waals surface area contributed by atoms with E-state index < -0.39 is 0 Å². The Balaban J connectivity index is 3.16. The Morgan fingerprint density at radius 1 is 1.31 bits per heavy atom. The molecule has 0 heterocycles. The summed E-state index contributed by atoms with van der Waals surface area (Å²) >= 11 is 3.23. The molecule has 0 amide bonds. The molecular weight excluding hydrogens is 228 g/mol. The van der Waals surface area contributed by atoms with Gasteiger partial charge < -0.3 is 11.5 Å². The van der Waals surface area contributed by atoms with E-state index in [1.54, 1.807) is 6.07 Å². The first-order valence-electron chi connectivity index (χ1n) is 3.85. The second-order valence-corrected chi connectivity index (χ2v) is 3.29. The molecule has 13 heavy (non-hydrogen) atoms. The molecular formula is C10H11BrN2. The Morgan fingerprint density at radius 2 is 1.92 bits per heavy atom. The maximum Gasteiger partial charge on any atom is 0.0649 e. The lowest BCUT2D eigenvalue weighted by atomic mass is 10.1. The molecule has 0 radical (unpaired) electrons. The zero-order chi connectivity index (χ0) is 9.84. The predicted molar refractivity (Wildman–Crippen MR) is 60.7 cm³/mol. The van der Waals surface area contributed by atoms with E-state index in [4.69, 9.17) is 11.5 Å². The lowest BCUT2D eigenvalue weighted by Crippen LogP contribution is -1.96. The highest BCUT2D eigenvalue weighted by Crippen LogP contribution is 2.19. The molecule has 3 heteroatoms. The highest BCUT2D eigenvalue weighted by molar-refractivity contribution is 9.09. The van der Waals surface area contributed by atoms with Gasteiger partial charge in [-0.3, -0.25) is 0 Å². The number of hydrogen-bond acceptors (Lipinski definition) is 2. The molecule has 1 aromatic carbocycles. The van der Waals surface area contributed by atoms with Gasteiger partial charge in [-0.25, -0.2) is 0 Å². The highest BCUT2D eigenvalue weighted by Gasteiger charge is 1.99. The first kappa shape index (κ1) is 9.94. The number of aryl methyl sites for hydroxylation is 1. The lowest BCUT2D eigenvalue weighted by molar-refractivity contribution is 1.44. The quantitative estimate of drug-likeness (QED) is 0.412. The maximum absolute atomic E-state index is 5.66. The summed E-state index contributed by atoms with van der Waals surface area (Å²) in [5, 5.41) is 0.663.